The van der Waals surface area contributed by atoms with E-state index in [0.717, 1.165) is 11.1 Å². The quantitative estimate of drug-likeness (QED) is 0.686. The number of hydrogen-bond donors (Lipinski definition) is 0. The summed E-state index contributed by atoms with van der Waals surface area (Å²) in [7, 11) is 0. The third-order valence-corrected chi connectivity index (χ3v) is 2.78. The Morgan fingerprint density at radius 2 is 1.61 bits per heavy atom. The molecule has 0 N–H and O–H groups in total. The lowest BCUT2D eigenvalue weighted by atomic mass is 10.1. The SMILES string of the molecule is Cc1ccc(-c2nnc(-c3occc3C)o2)cc1. The van der Waals surface area contributed by atoms with E-state index in [1.54, 1.807) is 6.26 Å². The number of rotatable bonds is 2. The van der Waals surface area contributed by atoms with Gasteiger partial charge in [0.15, 0.2) is 5.76 Å². The molecule has 0 bridgehead atoms. The maximum Gasteiger partial charge on any atom is 0.284 e. The number of benzene rings is 1. The Bertz CT molecular complexity index is 665. The highest BCUT2D eigenvalue weighted by Crippen LogP contribution is 2.26. The smallest absolute Gasteiger partial charge is 0.284 e. The van der Waals surface area contributed by atoms with Gasteiger partial charge in [-0.15, -0.1) is 10.2 Å². The minimum Gasteiger partial charge on any atom is -0.459 e. The van der Waals surface area contributed by atoms with E-state index in [1.807, 2.05) is 44.2 Å². The first kappa shape index (κ1) is 10.8. The summed E-state index contributed by atoms with van der Waals surface area (Å²) in [5, 5.41) is 8.04. The summed E-state index contributed by atoms with van der Waals surface area (Å²) >= 11 is 0. The van der Waals surface area contributed by atoms with Gasteiger partial charge in [0, 0.05) is 11.1 Å². The van der Waals surface area contributed by atoms with Crippen molar-refractivity contribution in [2.45, 2.75) is 13.8 Å². The minimum absolute atomic E-state index is 0.410. The van der Waals surface area contributed by atoms with E-state index < -0.39 is 0 Å². The van der Waals surface area contributed by atoms with Gasteiger partial charge in [-0.3, -0.25) is 0 Å². The monoisotopic (exact) mass is 240 g/mol. The molecule has 0 aliphatic rings. The van der Waals surface area contributed by atoms with Crippen molar-refractivity contribution in [1.82, 2.24) is 10.2 Å². The van der Waals surface area contributed by atoms with E-state index in [1.165, 1.54) is 5.56 Å². The molecular weight excluding hydrogens is 228 g/mol. The molecule has 0 amide bonds. The first-order valence-corrected chi connectivity index (χ1v) is 5.69. The molecule has 0 aliphatic carbocycles. The summed E-state index contributed by atoms with van der Waals surface area (Å²) in [5.74, 6) is 1.54. The Labute approximate surface area is 104 Å². The Kier molecular flexibility index (Phi) is 2.48. The molecule has 3 aromatic rings. The lowest BCUT2D eigenvalue weighted by Crippen LogP contribution is -1.78. The fraction of sp³-hybridized carbons (Fsp3) is 0.143. The van der Waals surface area contributed by atoms with Gasteiger partial charge in [0.05, 0.1) is 6.26 Å². The zero-order chi connectivity index (χ0) is 12.5. The Morgan fingerprint density at radius 1 is 0.889 bits per heavy atom. The summed E-state index contributed by atoms with van der Waals surface area (Å²) in [4.78, 5) is 0. The molecule has 2 heterocycles. The molecule has 18 heavy (non-hydrogen) atoms. The lowest BCUT2D eigenvalue weighted by molar-refractivity contribution is 0.522. The van der Waals surface area contributed by atoms with Gasteiger partial charge in [-0.25, -0.2) is 0 Å². The highest BCUT2D eigenvalue weighted by atomic mass is 16.4. The maximum absolute atomic E-state index is 5.62. The van der Waals surface area contributed by atoms with Crippen LogP contribution >= 0.6 is 0 Å². The van der Waals surface area contributed by atoms with E-state index in [4.69, 9.17) is 8.83 Å². The molecule has 0 atom stereocenters. The molecular formula is C14H12N2O2. The highest BCUT2D eigenvalue weighted by Gasteiger charge is 2.14. The van der Waals surface area contributed by atoms with Crippen molar-refractivity contribution >= 4 is 0 Å². The topological polar surface area (TPSA) is 52.1 Å². The van der Waals surface area contributed by atoms with Crippen molar-refractivity contribution in [1.29, 1.82) is 0 Å². The van der Waals surface area contributed by atoms with Gasteiger partial charge in [0.1, 0.15) is 0 Å². The molecule has 3 rings (SSSR count). The first-order chi connectivity index (χ1) is 8.74. The van der Waals surface area contributed by atoms with Crippen LogP contribution < -0.4 is 0 Å². The molecule has 0 saturated heterocycles. The molecule has 0 spiro atoms. The van der Waals surface area contributed by atoms with Crippen molar-refractivity contribution < 1.29 is 8.83 Å². The number of hydrogen-bond acceptors (Lipinski definition) is 4. The molecule has 0 saturated carbocycles. The average molecular weight is 240 g/mol. The van der Waals surface area contributed by atoms with Crippen LogP contribution in [0.2, 0.25) is 0 Å². The van der Waals surface area contributed by atoms with Crippen LogP contribution in [0, 0.1) is 13.8 Å². The van der Waals surface area contributed by atoms with E-state index in [2.05, 4.69) is 10.2 Å². The summed E-state index contributed by atoms with van der Waals surface area (Å²) in [6, 6.07) is 9.81. The molecule has 4 nitrogen and oxygen atoms in total. The zero-order valence-electron chi connectivity index (χ0n) is 10.2. The standard InChI is InChI=1S/C14H12N2O2/c1-9-3-5-11(6-4-9)13-15-16-14(18-13)12-10(2)7-8-17-12/h3-8H,1-2H3. The molecule has 1 aromatic carbocycles. The molecule has 4 heteroatoms. The van der Waals surface area contributed by atoms with Gasteiger partial charge in [-0.05, 0) is 32.0 Å². The molecule has 0 unspecified atom stereocenters. The normalized spacial score (nSPS) is 10.8. The van der Waals surface area contributed by atoms with Crippen molar-refractivity contribution in [2.75, 3.05) is 0 Å². The Hall–Kier alpha value is -2.36. The van der Waals surface area contributed by atoms with E-state index in [-0.39, 0.29) is 0 Å². The van der Waals surface area contributed by atoms with Gasteiger partial charge >= 0.3 is 0 Å². The van der Waals surface area contributed by atoms with Crippen molar-refractivity contribution in [3.63, 3.8) is 0 Å². The second kappa shape index (κ2) is 4.14. The van der Waals surface area contributed by atoms with Crippen LogP contribution in [0.25, 0.3) is 23.1 Å². The summed E-state index contributed by atoms with van der Waals surface area (Å²) in [6.45, 7) is 3.98. The van der Waals surface area contributed by atoms with E-state index >= 15 is 0 Å². The predicted octanol–water partition coefficient (Wildman–Crippen LogP) is 3.61. The molecule has 0 aliphatic heterocycles. The number of aryl methyl sites for hydroxylation is 2. The average Bonchev–Trinajstić information content (AvgIpc) is 2.98. The maximum atomic E-state index is 5.62. The van der Waals surface area contributed by atoms with Crippen LogP contribution in [-0.2, 0) is 0 Å². The molecule has 90 valence electrons. The Morgan fingerprint density at radius 3 is 2.28 bits per heavy atom. The molecule has 0 radical (unpaired) electrons. The summed E-state index contributed by atoms with van der Waals surface area (Å²) in [5.41, 5.74) is 3.08. The Balaban J connectivity index is 1.99. The fourth-order valence-electron chi connectivity index (χ4n) is 1.72. The van der Waals surface area contributed by atoms with Crippen LogP contribution in [0.4, 0.5) is 0 Å². The fourth-order valence-corrected chi connectivity index (χ4v) is 1.72. The van der Waals surface area contributed by atoms with Crippen LogP contribution in [-0.4, -0.2) is 10.2 Å². The van der Waals surface area contributed by atoms with Crippen molar-refractivity contribution in [2.24, 2.45) is 0 Å². The van der Waals surface area contributed by atoms with Crippen molar-refractivity contribution in [3.05, 3.63) is 47.7 Å². The number of aromatic nitrogens is 2. The summed E-state index contributed by atoms with van der Waals surface area (Å²) < 4.78 is 10.9. The molecule has 0 fully saturated rings. The van der Waals surface area contributed by atoms with Crippen LogP contribution in [0.15, 0.2) is 45.4 Å². The minimum atomic E-state index is 0.410. The predicted molar refractivity (Wildman–Crippen MR) is 66.9 cm³/mol. The summed E-state index contributed by atoms with van der Waals surface area (Å²) in [6.07, 6.45) is 1.61. The van der Waals surface area contributed by atoms with Gasteiger partial charge in [-0.2, -0.15) is 0 Å². The van der Waals surface area contributed by atoms with Crippen molar-refractivity contribution in [3.8, 4) is 23.1 Å². The van der Waals surface area contributed by atoms with E-state index in [0.29, 0.717) is 17.5 Å². The number of furan rings is 1. The van der Waals surface area contributed by atoms with Crippen LogP contribution in [0.3, 0.4) is 0 Å². The van der Waals surface area contributed by atoms with Gasteiger partial charge < -0.3 is 8.83 Å². The zero-order valence-corrected chi connectivity index (χ0v) is 10.2. The van der Waals surface area contributed by atoms with Gasteiger partial charge in [-0.1, -0.05) is 17.7 Å². The number of nitrogens with zero attached hydrogens (tertiary/aromatic N) is 2. The first-order valence-electron chi connectivity index (χ1n) is 5.69. The third-order valence-electron chi connectivity index (χ3n) is 2.78. The second-order valence-electron chi connectivity index (χ2n) is 4.21. The second-order valence-corrected chi connectivity index (χ2v) is 4.21. The van der Waals surface area contributed by atoms with Gasteiger partial charge in [0.2, 0.25) is 5.89 Å². The van der Waals surface area contributed by atoms with Crippen LogP contribution in [0.5, 0.6) is 0 Å². The van der Waals surface area contributed by atoms with E-state index in [9.17, 15) is 0 Å². The third kappa shape index (κ3) is 1.82. The van der Waals surface area contributed by atoms with Gasteiger partial charge in [0.25, 0.3) is 5.89 Å². The van der Waals surface area contributed by atoms with Crippen LogP contribution in [0.1, 0.15) is 11.1 Å². The lowest BCUT2D eigenvalue weighted by Gasteiger charge is -1.95. The highest BCUT2D eigenvalue weighted by molar-refractivity contribution is 5.56. The molecule has 2 aromatic heterocycles. The largest absolute Gasteiger partial charge is 0.459 e.